The van der Waals surface area contributed by atoms with Crippen molar-refractivity contribution in [3.8, 4) is 0 Å². The Kier molecular flexibility index (Phi) is 2.83. The van der Waals surface area contributed by atoms with Crippen LogP contribution in [0.2, 0.25) is 0 Å². The van der Waals surface area contributed by atoms with Gasteiger partial charge in [-0.15, -0.1) is 0 Å². The zero-order valence-corrected chi connectivity index (χ0v) is 10.6. The van der Waals surface area contributed by atoms with Crippen LogP contribution in [0.25, 0.3) is 0 Å². The molecule has 92 valence electrons. The fraction of sp³-hybridized carbons (Fsp3) is 0.462. The maximum atomic E-state index is 12.0. The summed E-state index contributed by atoms with van der Waals surface area (Å²) in [5.41, 5.74) is 8.71. The third-order valence-corrected chi connectivity index (χ3v) is 2.87. The van der Waals surface area contributed by atoms with Crippen molar-refractivity contribution in [3.63, 3.8) is 0 Å². The summed E-state index contributed by atoms with van der Waals surface area (Å²) in [6, 6.07) is 5.99. The van der Waals surface area contributed by atoms with Crippen molar-refractivity contribution in [3.05, 3.63) is 23.8 Å². The average molecular weight is 233 g/mol. The van der Waals surface area contributed by atoms with Gasteiger partial charge in [-0.05, 0) is 37.6 Å². The van der Waals surface area contributed by atoms with E-state index in [1.165, 1.54) is 0 Å². The Morgan fingerprint density at radius 2 is 2.18 bits per heavy atom. The van der Waals surface area contributed by atoms with Crippen LogP contribution in [0.5, 0.6) is 0 Å². The second-order valence-electron chi connectivity index (χ2n) is 5.24. The summed E-state index contributed by atoms with van der Waals surface area (Å²) in [5, 5.41) is 3.08. The van der Waals surface area contributed by atoms with Gasteiger partial charge >= 0.3 is 0 Å². The molecule has 1 aromatic rings. The third-order valence-electron chi connectivity index (χ3n) is 2.87. The molecule has 0 saturated carbocycles. The van der Waals surface area contributed by atoms with Gasteiger partial charge in [0.1, 0.15) is 0 Å². The molecule has 4 heteroatoms. The van der Waals surface area contributed by atoms with Crippen molar-refractivity contribution in [1.82, 2.24) is 0 Å². The van der Waals surface area contributed by atoms with Crippen molar-refractivity contribution < 1.29 is 4.79 Å². The third kappa shape index (κ3) is 2.42. The van der Waals surface area contributed by atoms with Gasteiger partial charge in [0, 0.05) is 30.5 Å². The SMILES string of the molecule is CNc1ccc2c(c1)CC(=O)N2CC(C)(C)N. The van der Waals surface area contributed by atoms with E-state index in [2.05, 4.69) is 5.32 Å². The molecule has 0 radical (unpaired) electrons. The molecular weight excluding hydrogens is 214 g/mol. The number of nitrogens with zero attached hydrogens (tertiary/aromatic N) is 1. The Morgan fingerprint density at radius 1 is 1.47 bits per heavy atom. The molecule has 0 bridgehead atoms. The van der Waals surface area contributed by atoms with E-state index in [1.54, 1.807) is 4.90 Å². The molecule has 3 N–H and O–H groups in total. The highest BCUT2D eigenvalue weighted by atomic mass is 16.2. The van der Waals surface area contributed by atoms with E-state index in [9.17, 15) is 4.79 Å². The lowest BCUT2D eigenvalue weighted by Crippen LogP contribution is -2.46. The highest BCUT2D eigenvalue weighted by Gasteiger charge is 2.30. The van der Waals surface area contributed by atoms with Gasteiger partial charge < -0.3 is 16.0 Å². The Labute approximate surface area is 102 Å². The number of hydrogen-bond acceptors (Lipinski definition) is 3. The maximum absolute atomic E-state index is 12.0. The standard InChI is InChI=1S/C13H19N3O/c1-13(2,14)8-16-11-5-4-10(15-3)6-9(11)7-12(16)17/h4-6,15H,7-8,14H2,1-3H3. The molecule has 1 heterocycles. The summed E-state index contributed by atoms with van der Waals surface area (Å²) in [5.74, 6) is 0.131. The van der Waals surface area contributed by atoms with Crippen LogP contribution in [0.15, 0.2) is 18.2 Å². The molecule has 2 rings (SSSR count). The summed E-state index contributed by atoms with van der Waals surface area (Å²) in [6.45, 7) is 4.41. The monoisotopic (exact) mass is 233 g/mol. The molecule has 0 spiro atoms. The number of rotatable bonds is 3. The minimum absolute atomic E-state index is 0.131. The number of nitrogens with one attached hydrogen (secondary N) is 1. The molecule has 1 aliphatic heterocycles. The van der Waals surface area contributed by atoms with Crippen molar-refractivity contribution in [1.29, 1.82) is 0 Å². The lowest BCUT2D eigenvalue weighted by Gasteiger charge is -2.27. The van der Waals surface area contributed by atoms with E-state index in [1.807, 2.05) is 39.1 Å². The lowest BCUT2D eigenvalue weighted by atomic mass is 10.1. The van der Waals surface area contributed by atoms with Crippen molar-refractivity contribution >= 4 is 17.3 Å². The average Bonchev–Trinajstić information content (AvgIpc) is 2.52. The Balaban J connectivity index is 2.31. The molecule has 1 amide bonds. The van der Waals surface area contributed by atoms with Gasteiger partial charge in [-0.2, -0.15) is 0 Å². The van der Waals surface area contributed by atoms with E-state index in [4.69, 9.17) is 5.73 Å². The molecule has 0 saturated heterocycles. The van der Waals surface area contributed by atoms with Gasteiger partial charge in [0.05, 0.1) is 6.42 Å². The molecular formula is C13H19N3O. The van der Waals surface area contributed by atoms with E-state index in [0.717, 1.165) is 16.9 Å². The number of carbonyl (C=O) groups excluding carboxylic acids is 1. The summed E-state index contributed by atoms with van der Waals surface area (Å²) in [6.07, 6.45) is 0.473. The molecule has 0 aliphatic carbocycles. The first kappa shape index (κ1) is 11.9. The Bertz CT molecular complexity index is 448. The number of nitrogens with two attached hydrogens (primary N) is 1. The highest BCUT2D eigenvalue weighted by Crippen LogP contribution is 2.31. The molecule has 4 nitrogen and oxygen atoms in total. The predicted molar refractivity (Wildman–Crippen MR) is 70.3 cm³/mol. The van der Waals surface area contributed by atoms with Crippen molar-refractivity contribution in [2.24, 2.45) is 5.73 Å². The minimum Gasteiger partial charge on any atom is -0.388 e. The fourth-order valence-corrected chi connectivity index (χ4v) is 2.12. The largest absolute Gasteiger partial charge is 0.388 e. The predicted octanol–water partition coefficient (Wildman–Crippen LogP) is 1.35. The first-order valence-corrected chi connectivity index (χ1v) is 5.80. The molecule has 1 aliphatic rings. The van der Waals surface area contributed by atoms with Crippen LogP contribution in [0.4, 0.5) is 11.4 Å². The smallest absolute Gasteiger partial charge is 0.231 e. The normalized spacial score (nSPS) is 15.1. The quantitative estimate of drug-likeness (QED) is 0.828. The van der Waals surface area contributed by atoms with Crippen LogP contribution in [0.1, 0.15) is 19.4 Å². The first-order valence-electron chi connectivity index (χ1n) is 5.80. The Hall–Kier alpha value is -1.55. The van der Waals surface area contributed by atoms with Gasteiger partial charge in [0.25, 0.3) is 0 Å². The number of fused-ring (bicyclic) bond motifs is 1. The van der Waals surface area contributed by atoms with E-state index in [0.29, 0.717) is 13.0 Å². The zero-order chi connectivity index (χ0) is 12.6. The first-order chi connectivity index (χ1) is 7.90. The second kappa shape index (κ2) is 4.04. The molecule has 17 heavy (non-hydrogen) atoms. The van der Waals surface area contributed by atoms with Gasteiger partial charge in [-0.3, -0.25) is 4.79 Å². The maximum Gasteiger partial charge on any atom is 0.231 e. The van der Waals surface area contributed by atoms with Gasteiger partial charge in [-0.1, -0.05) is 0 Å². The molecule has 1 aromatic carbocycles. The summed E-state index contributed by atoms with van der Waals surface area (Å²) in [4.78, 5) is 13.7. The zero-order valence-electron chi connectivity index (χ0n) is 10.6. The van der Waals surface area contributed by atoms with Gasteiger partial charge in [-0.25, -0.2) is 0 Å². The molecule has 0 unspecified atom stereocenters. The van der Waals surface area contributed by atoms with Gasteiger partial charge in [0.15, 0.2) is 0 Å². The van der Waals surface area contributed by atoms with Crippen LogP contribution in [-0.4, -0.2) is 25.0 Å². The van der Waals surface area contributed by atoms with E-state index in [-0.39, 0.29) is 11.4 Å². The van der Waals surface area contributed by atoms with Crippen molar-refractivity contribution in [2.45, 2.75) is 25.8 Å². The number of hydrogen-bond donors (Lipinski definition) is 2. The molecule has 0 atom stereocenters. The second-order valence-corrected chi connectivity index (χ2v) is 5.24. The van der Waals surface area contributed by atoms with E-state index < -0.39 is 0 Å². The summed E-state index contributed by atoms with van der Waals surface area (Å²) < 4.78 is 0. The van der Waals surface area contributed by atoms with Gasteiger partial charge in [0.2, 0.25) is 5.91 Å². The minimum atomic E-state index is -0.376. The fourth-order valence-electron chi connectivity index (χ4n) is 2.12. The van der Waals surface area contributed by atoms with Crippen LogP contribution in [-0.2, 0) is 11.2 Å². The number of anilines is 2. The van der Waals surface area contributed by atoms with Crippen molar-refractivity contribution in [2.75, 3.05) is 23.8 Å². The van der Waals surface area contributed by atoms with Crippen LogP contribution >= 0.6 is 0 Å². The van der Waals surface area contributed by atoms with Crippen LogP contribution in [0, 0.1) is 0 Å². The lowest BCUT2D eigenvalue weighted by molar-refractivity contribution is -0.117. The van der Waals surface area contributed by atoms with Crippen LogP contribution in [0.3, 0.4) is 0 Å². The summed E-state index contributed by atoms with van der Waals surface area (Å²) >= 11 is 0. The topological polar surface area (TPSA) is 58.4 Å². The summed E-state index contributed by atoms with van der Waals surface area (Å²) in [7, 11) is 1.87. The van der Waals surface area contributed by atoms with E-state index >= 15 is 0 Å². The number of carbonyl (C=O) groups is 1. The molecule has 0 fully saturated rings. The highest BCUT2D eigenvalue weighted by molar-refractivity contribution is 6.01. The number of amides is 1. The molecule has 0 aromatic heterocycles. The number of benzene rings is 1. The van der Waals surface area contributed by atoms with Crippen LogP contribution < -0.4 is 16.0 Å². The Morgan fingerprint density at radius 3 is 2.76 bits per heavy atom.